The van der Waals surface area contributed by atoms with Crippen LogP contribution in [-0.4, -0.2) is 33.7 Å². The predicted octanol–water partition coefficient (Wildman–Crippen LogP) is 1.97. The molecule has 0 unspecified atom stereocenters. The molecule has 0 bridgehead atoms. The molecule has 0 saturated heterocycles. The summed E-state index contributed by atoms with van der Waals surface area (Å²) in [5.74, 6) is -4.86. The second-order valence-corrected chi connectivity index (χ2v) is 5.90. The fraction of sp³-hybridized carbons (Fsp3) is 0.118. The van der Waals surface area contributed by atoms with Crippen LogP contribution in [0.25, 0.3) is 11.0 Å². The van der Waals surface area contributed by atoms with Crippen LogP contribution in [0.3, 0.4) is 0 Å². The number of fused-ring (bicyclic) bond motifs is 1. The van der Waals surface area contributed by atoms with Gasteiger partial charge >= 0.3 is 17.6 Å². The van der Waals surface area contributed by atoms with Crippen LogP contribution >= 0.6 is 11.6 Å². The van der Waals surface area contributed by atoms with Crippen LogP contribution in [0.5, 0.6) is 17.5 Å². The van der Waals surface area contributed by atoms with Gasteiger partial charge in [-0.2, -0.15) is 4.39 Å². The molecule has 0 atom stereocenters. The normalized spacial score (nSPS) is 10.7. The molecule has 0 aliphatic rings. The van der Waals surface area contributed by atoms with E-state index in [1.165, 1.54) is 0 Å². The number of ether oxygens (including phenoxy) is 2. The lowest BCUT2D eigenvalue weighted by Gasteiger charge is -2.11. The average Bonchev–Trinajstić information content (AvgIpc) is 2.96. The van der Waals surface area contributed by atoms with Gasteiger partial charge in [-0.1, -0.05) is 11.6 Å². The van der Waals surface area contributed by atoms with Gasteiger partial charge in [0.05, 0.1) is 5.02 Å². The van der Waals surface area contributed by atoms with E-state index in [1.54, 1.807) is 0 Å². The summed E-state index contributed by atoms with van der Waals surface area (Å²) in [6.45, 7) is 0.491. The van der Waals surface area contributed by atoms with E-state index < -0.39 is 58.8 Å². The molecule has 2 aromatic heterocycles. The fourth-order valence-corrected chi connectivity index (χ4v) is 2.50. The third-order valence-corrected chi connectivity index (χ3v) is 3.81. The van der Waals surface area contributed by atoms with Crippen molar-refractivity contribution in [2.24, 2.45) is 0 Å². The van der Waals surface area contributed by atoms with Crippen LogP contribution in [-0.2, 0) is 9.53 Å². The SMILES string of the molecule is CC(=O)OCOc1c(Cl)cc2cc(C(=O)On3c(O)ccc3O)c(=O)oc2c1F. The number of nitrogens with zero attached hydrogens (tertiary/aromatic N) is 1. The highest BCUT2D eigenvalue weighted by Crippen LogP contribution is 2.34. The first-order valence-electron chi connectivity index (χ1n) is 7.73. The van der Waals surface area contributed by atoms with Crippen molar-refractivity contribution in [3.63, 3.8) is 0 Å². The lowest BCUT2D eigenvalue weighted by molar-refractivity contribution is -0.147. The van der Waals surface area contributed by atoms with Gasteiger partial charge in [0.1, 0.15) is 5.56 Å². The van der Waals surface area contributed by atoms with Crippen LogP contribution in [0.1, 0.15) is 17.3 Å². The lowest BCUT2D eigenvalue weighted by Crippen LogP contribution is -2.24. The van der Waals surface area contributed by atoms with Gasteiger partial charge in [-0.15, -0.1) is 4.73 Å². The molecular formula is C17H11ClFNO9. The maximum absolute atomic E-state index is 14.6. The smallest absolute Gasteiger partial charge is 0.371 e. The minimum absolute atomic E-state index is 0.0835. The molecule has 2 heterocycles. The summed E-state index contributed by atoms with van der Waals surface area (Å²) in [6, 6.07) is 4.18. The van der Waals surface area contributed by atoms with Crippen LogP contribution in [0.2, 0.25) is 5.02 Å². The van der Waals surface area contributed by atoms with Crippen molar-refractivity contribution in [3.05, 3.63) is 51.1 Å². The average molecular weight is 428 g/mol. The number of halogens is 2. The number of carbonyl (C=O) groups is 2. The van der Waals surface area contributed by atoms with Crippen LogP contribution in [0.15, 0.2) is 33.5 Å². The van der Waals surface area contributed by atoms with Crippen LogP contribution in [0, 0.1) is 5.82 Å². The minimum atomic E-state index is -1.30. The molecule has 10 nitrogen and oxygen atoms in total. The number of benzene rings is 1. The Labute approximate surface area is 165 Å². The van der Waals surface area contributed by atoms with Crippen molar-refractivity contribution in [2.75, 3.05) is 6.79 Å². The molecule has 1 aromatic carbocycles. The molecule has 0 spiro atoms. The third-order valence-electron chi connectivity index (χ3n) is 3.53. The Balaban J connectivity index is 1.98. The van der Waals surface area contributed by atoms with Crippen molar-refractivity contribution in [1.29, 1.82) is 0 Å². The van der Waals surface area contributed by atoms with Crippen molar-refractivity contribution >= 4 is 34.5 Å². The van der Waals surface area contributed by atoms with Gasteiger partial charge in [-0.3, -0.25) is 4.79 Å². The Morgan fingerprint density at radius 3 is 2.52 bits per heavy atom. The van der Waals surface area contributed by atoms with Gasteiger partial charge in [-0.25, -0.2) is 9.59 Å². The zero-order valence-electron chi connectivity index (χ0n) is 14.5. The standard InChI is InChI=1S/C17H11ClFNO9/c1-7(21)26-6-27-15-10(18)5-8-4-9(16(24)28-14(8)13(15)19)17(25)29-20-11(22)2-3-12(20)23/h2-5,22-23H,6H2,1H3. The van der Waals surface area contributed by atoms with E-state index in [-0.39, 0.29) is 10.4 Å². The number of carbonyl (C=O) groups excluding carboxylic acids is 2. The van der Waals surface area contributed by atoms with Crippen molar-refractivity contribution < 1.29 is 42.9 Å². The minimum Gasteiger partial charge on any atom is -0.492 e. The summed E-state index contributed by atoms with van der Waals surface area (Å²) in [5.41, 5.74) is -2.49. The topological polar surface area (TPSA) is 137 Å². The molecule has 0 aliphatic carbocycles. The third kappa shape index (κ3) is 3.94. The molecule has 2 N–H and O–H groups in total. The monoisotopic (exact) mass is 427 g/mol. The van der Waals surface area contributed by atoms with Crippen molar-refractivity contribution in [3.8, 4) is 17.5 Å². The number of hydrogen-bond acceptors (Lipinski definition) is 9. The summed E-state index contributed by atoms with van der Waals surface area (Å²) < 4.78 is 29.3. The molecular weight excluding hydrogens is 417 g/mol. The molecule has 0 fully saturated rings. The molecule has 3 aromatic rings. The molecule has 152 valence electrons. The quantitative estimate of drug-likeness (QED) is 0.355. The Morgan fingerprint density at radius 2 is 1.90 bits per heavy atom. The second-order valence-electron chi connectivity index (χ2n) is 5.49. The first-order chi connectivity index (χ1) is 13.7. The number of hydrogen-bond donors (Lipinski definition) is 2. The zero-order chi connectivity index (χ0) is 21.3. The fourth-order valence-electron chi connectivity index (χ4n) is 2.25. The Morgan fingerprint density at radius 1 is 1.24 bits per heavy atom. The summed E-state index contributed by atoms with van der Waals surface area (Å²) in [4.78, 5) is 39.8. The lowest BCUT2D eigenvalue weighted by atomic mass is 10.1. The van der Waals surface area contributed by atoms with Crippen molar-refractivity contribution in [2.45, 2.75) is 6.92 Å². The first-order valence-corrected chi connectivity index (χ1v) is 8.11. The maximum atomic E-state index is 14.6. The Kier molecular flexibility index (Phi) is 5.33. The van der Waals surface area contributed by atoms with Gasteiger partial charge in [0.2, 0.25) is 24.4 Å². The van der Waals surface area contributed by atoms with E-state index in [1.807, 2.05) is 0 Å². The number of rotatable bonds is 5. The molecule has 3 rings (SSSR count). The largest absolute Gasteiger partial charge is 0.492 e. The predicted molar refractivity (Wildman–Crippen MR) is 93.4 cm³/mol. The number of esters is 1. The summed E-state index contributed by atoms with van der Waals surface area (Å²) in [7, 11) is 0. The second kappa shape index (κ2) is 7.72. The van der Waals surface area contributed by atoms with E-state index in [0.29, 0.717) is 4.73 Å². The molecule has 0 aliphatic heterocycles. The van der Waals surface area contributed by atoms with E-state index in [9.17, 15) is 29.0 Å². The van der Waals surface area contributed by atoms with E-state index in [0.717, 1.165) is 31.2 Å². The molecule has 0 radical (unpaired) electrons. The molecule has 0 saturated carbocycles. The highest BCUT2D eigenvalue weighted by atomic mass is 35.5. The van der Waals surface area contributed by atoms with E-state index in [2.05, 4.69) is 4.74 Å². The number of aromatic hydroxyl groups is 2. The Bertz CT molecular complexity index is 1160. The highest BCUT2D eigenvalue weighted by Gasteiger charge is 2.23. The highest BCUT2D eigenvalue weighted by molar-refractivity contribution is 6.32. The zero-order valence-corrected chi connectivity index (χ0v) is 15.2. The van der Waals surface area contributed by atoms with Gasteiger partial charge in [0.25, 0.3) is 0 Å². The van der Waals surface area contributed by atoms with E-state index >= 15 is 0 Å². The maximum Gasteiger partial charge on any atom is 0.371 e. The summed E-state index contributed by atoms with van der Waals surface area (Å²) >= 11 is 5.94. The summed E-state index contributed by atoms with van der Waals surface area (Å²) in [5, 5.41) is 18.6. The van der Waals surface area contributed by atoms with Gasteiger partial charge in [0, 0.05) is 24.4 Å². The van der Waals surface area contributed by atoms with Crippen molar-refractivity contribution in [1.82, 2.24) is 4.73 Å². The first kappa shape index (κ1) is 20.0. The summed E-state index contributed by atoms with van der Waals surface area (Å²) in [6.07, 6.45) is 0. The number of aromatic nitrogens is 1. The molecule has 0 amide bonds. The van der Waals surface area contributed by atoms with Crippen LogP contribution < -0.4 is 15.2 Å². The van der Waals surface area contributed by atoms with Gasteiger partial charge in [-0.05, 0) is 12.1 Å². The van der Waals surface area contributed by atoms with Crippen LogP contribution in [0.4, 0.5) is 4.39 Å². The molecule has 29 heavy (non-hydrogen) atoms. The molecule has 12 heteroatoms. The van der Waals surface area contributed by atoms with E-state index in [4.69, 9.17) is 25.6 Å². The van der Waals surface area contributed by atoms with Gasteiger partial charge < -0.3 is 28.9 Å². The Hall–Kier alpha value is -3.73. The van der Waals surface area contributed by atoms with Gasteiger partial charge in [0.15, 0.2) is 11.3 Å².